The Morgan fingerprint density at radius 2 is 2.10 bits per heavy atom. The first-order valence-electron chi connectivity index (χ1n) is 3.47. The van der Waals surface area contributed by atoms with Crippen molar-refractivity contribution in [2.75, 3.05) is 7.05 Å². The van der Waals surface area contributed by atoms with Crippen LogP contribution in [0.4, 0.5) is 0 Å². The van der Waals surface area contributed by atoms with Crippen LogP contribution in [-0.4, -0.2) is 13.0 Å². The molecule has 1 amide bonds. The molecule has 0 bridgehead atoms. The summed E-state index contributed by atoms with van der Waals surface area (Å²) in [5, 5.41) is 2.53. The average Bonchev–Trinajstić information content (AvgIpc) is 1.85. The molecule has 2 nitrogen and oxygen atoms in total. The van der Waals surface area contributed by atoms with E-state index in [1.165, 1.54) is 0 Å². The fourth-order valence-corrected chi connectivity index (χ4v) is 0.762. The highest BCUT2D eigenvalue weighted by Crippen LogP contribution is 2.07. The molecule has 58 valence electrons. The predicted octanol–water partition coefficient (Wildman–Crippen LogP) is 1.33. The van der Waals surface area contributed by atoms with Gasteiger partial charge in [0.1, 0.15) is 0 Å². The first kappa shape index (κ1) is 9.21. The van der Waals surface area contributed by atoms with Crippen LogP contribution in [0.3, 0.4) is 0 Å². The molecule has 0 fully saturated rings. The van der Waals surface area contributed by atoms with Gasteiger partial charge in [0.25, 0.3) is 0 Å². The topological polar surface area (TPSA) is 29.1 Å². The summed E-state index contributed by atoms with van der Waals surface area (Å²) in [6, 6.07) is 0. The summed E-state index contributed by atoms with van der Waals surface area (Å²) in [6.07, 6.45) is 0.777. The third kappa shape index (κ3) is 3.28. The van der Waals surface area contributed by atoms with Gasteiger partial charge in [-0.2, -0.15) is 0 Å². The van der Waals surface area contributed by atoms with Gasteiger partial charge in [0.05, 0.1) is 0 Å². The minimum absolute atomic E-state index is 0.0475. The van der Waals surface area contributed by atoms with E-state index < -0.39 is 0 Å². The van der Waals surface area contributed by atoms with Gasteiger partial charge >= 0.3 is 0 Å². The van der Waals surface area contributed by atoms with Gasteiger partial charge in [0.15, 0.2) is 0 Å². The van der Waals surface area contributed by atoms with E-state index in [1.54, 1.807) is 7.05 Å². The number of amides is 1. The van der Waals surface area contributed by atoms with Crippen LogP contribution in [0.2, 0.25) is 0 Å². The monoisotopic (exact) mass is 141 g/mol. The van der Waals surface area contributed by atoms with Crippen LogP contribution < -0.4 is 5.32 Å². The van der Waals surface area contributed by atoms with Gasteiger partial charge < -0.3 is 5.32 Å². The van der Waals surface area contributed by atoms with Gasteiger partial charge in [-0.15, -0.1) is 0 Å². The van der Waals surface area contributed by atoms with Crippen LogP contribution in [-0.2, 0) is 4.79 Å². The van der Waals surface area contributed by atoms with Crippen LogP contribution in [0.5, 0.6) is 0 Å². The Kier molecular flexibility index (Phi) is 3.77. The number of carbonyl (C=O) groups excluding carboxylic acids is 1. The predicted molar refractivity (Wildman–Crippen MR) is 42.7 cm³/mol. The highest BCUT2D eigenvalue weighted by molar-refractivity contribution is 5.92. The number of carbonyl (C=O) groups is 1. The minimum Gasteiger partial charge on any atom is -0.355 e. The third-order valence-corrected chi connectivity index (χ3v) is 1.20. The molecule has 2 heteroatoms. The fraction of sp³-hybridized carbons (Fsp3) is 0.625. The zero-order valence-electron chi connectivity index (χ0n) is 6.90. The number of nitrogens with one attached hydrogen (secondary N) is 1. The summed E-state index contributed by atoms with van der Waals surface area (Å²) in [5.41, 5.74) is 0.664. The summed E-state index contributed by atoms with van der Waals surface area (Å²) < 4.78 is 0. The maximum atomic E-state index is 10.8. The van der Waals surface area contributed by atoms with Crippen molar-refractivity contribution < 1.29 is 4.79 Å². The van der Waals surface area contributed by atoms with E-state index in [0.717, 1.165) is 6.42 Å². The molecule has 0 aliphatic heterocycles. The van der Waals surface area contributed by atoms with E-state index in [4.69, 9.17) is 0 Å². The molecule has 0 aromatic carbocycles. The maximum Gasteiger partial charge on any atom is 0.246 e. The van der Waals surface area contributed by atoms with E-state index >= 15 is 0 Å². The van der Waals surface area contributed by atoms with Crippen molar-refractivity contribution in [2.24, 2.45) is 5.92 Å². The number of rotatable bonds is 3. The lowest BCUT2D eigenvalue weighted by Gasteiger charge is -2.05. The lowest BCUT2D eigenvalue weighted by molar-refractivity contribution is -0.117. The van der Waals surface area contributed by atoms with Crippen LogP contribution in [0.25, 0.3) is 0 Å². The highest BCUT2D eigenvalue weighted by Gasteiger charge is 2.05. The Labute approximate surface area is 62.3 Å². The first-order chi connectivity index (χ1) is 4.57. The standard InChI is InChI=1S/C8H15NO/c1-6(2)5-7(3)8(10)9-4/h6H,3,5H2,1-2,4H3,(H,9,10). The third-order valence-electron chi connectivity index (χ3n) is 1.20. The molecule has 0 aromatic heterocycles. The Balaban J connectivity index is 3.74. The van der Waals surface area contributed by atoms with Crippen molar-refractivity contribution in [3.8, 4) is 0 Å². The van der Waals surface area contributed by atoms with Gasteiger partial charge in [-0.3, -0.25) is 4.79 Å². The van der Waals surface area contributed by atoms with Gasteiger partial charge in [-0.05, 0) is 12.3 Å². The van der Waals surface area contributed by atoms with Crippen molar-refractivity contribution in [3.05, 3.63) is 12.2 Å². The van der Waals surface area contributed by atoms with E-state index in [1.807, 2.05) is 0 Å². The second-order valence-electron chi connectivity index (χ2n) is 2.78. The van der Waals surface area contributed by atoms with Crippen molar-refractivity contribution in [3.63, 3.8) is 0 Å². The molecular formula is C8H15NO. The van der Waals surface area contributed by atoms with Gasteiger partial charge in [-0.1, -0.05) is 20.4 Å². The summed E-state index contributed by atoms with van der Waals surface area (Å²) in [7, 11) is 1.62. The Morgan fingerprint density at radius 3 is 2.40 bits per heavy atom. The van der Waals surface area contributed by atoms with E-state index in [-0.39, 0.29) is 5.91 Å². The summed E-state index contributed by atoms with van der Waals surface area (Å²) >= 11 is 0. The quantitative estimate of drug-likeness (QED) is 0.590. The molecule has 0 spiro atoms. The molecule has 0 saturated carbocycles. The van der Waals surface area contributed by atoms with E-state index in [9.17, 15) is 4.79 Å². The molecule has 0 atom stereocenters. The summed E-state index contributed by atoms with van der Waals surface area (Å²) in [6.45, 7) is 7.78. The van der Waals surface area contributed by atoms with Crippen molar-refractivity contribution in [2.45, 2.75) is 20.3 Å². The number of hydrogen-bond donors (Lipinski definition) is 1. The second kappa shape index (κ2) is 4.09. The fourth-order valence-electron chi connectivity index (χ4n) is 0.762. The molecule has 10 heavy (non-hydrogen) atoms. The Bertz CT molecular complexity index is 138. The van der Waals surface area contributed by atoms with Crippen LogP contribution in [0.15, 0.2) is 12.2 Å². The van der Waals surface area contributed by atoms with Crippen molar-refractivity contribution in [1.29, 1.82) is 0 Å². The molecule has 0 unspecified atom stereocenters. The van der Waals surface area contributed by atoms with E-state index in [0.29, 0.717) is 11.5 Å². The molecule has 0 radical (unpaired) electrons. The molecule has 0 aromatic rings. The molecule has 0 rings (SSSR count). The lowest BCUT2D eigenvalue weighted by Crippen LogP contribution is -2.20. The first-order valence-corrected chi connectivity index (χ1v) is 3.47. The molecule has 0 aliphatic carbocycles. The lowest BCUT2D eigenvalue weighted by atomic mass is 10.0. The zero-order chi connectivity index (χ0) is 8.15. The number of hydrogen-bond acceptors (Lipinski definition) is 1. The summed E-state index contributed by atoms with van der Waals surface area (Å²) in [4.78, 5) is 10.8. The van der Waals surface area contributed by atoms with Crippen LogP contribution >= 0.6 is 0 Å². The SMILES string of the molecule is C=C(CC(C)C)C(=O)NC. The number of likely N-dealkylation sites (N-methyl/N-ethyl adjacent to an activating group) is 1. The Hall–Kier alpha value is -0.790. The molecule has 0 heterocycles. The highest BCUT2D eigenvalue weighted by atomic mass is 16.1. The minimum atomic E-state index is -0.0475. The van der Waals surface area contributed by atoms with Gasteiger partial charge in [-0.25, -0.2) is 0 Å². The van der Waals surface area contributed by atoms with Crippen LogP contribution in [0, 0.1) is 5.92 Å². The maximum absolute atomic E-state index is 10.8. The Morgan fingerprint density at radius 1 is 1.60 bits per heavy atom. The molecule has 0 aliphatic rings. The largest absolute Gasteiger partial charge is 0.355 e. The van der Waals surface area contributed by atoms with Crippen molar-refractivity contribution in [1.82, 2.24) is 5.32 Å². The zero-order valence-corrected chi connectivity index (χ0v) is 6.90. The second-order valence-corrected chi connectivity index (χ2v) is 2.78. The van der Waals surface area contributed by atoms with Crippen LogP contribution in [0.1, 0.15) is 20.3 Å². The van der Waals surface area contributed by atoms with E-state index in [2.05, 4.69) is 25.7 Å². The molecule has 1 N–H and O–H groups in total. The normalized spacial score (nSPS) is 9.60. The van der Waals surface area contributed by atoms with Gasteiger partial charge in [0.2, 0.25) is 5.91 Å². The average molecular weight is 141 g/mol. The molecule has 0 saturated heterocycles. The summed E-state index contributed by atoms with van der Waals surface area (Å²) in [5.74, 6) is 0.457. The smallest absolute Gasteiger partial charge is 0.246 e. The van der Waals surface area contributed by atoms with Crippen molar-refractivity contribution >= 4 is 5.91 Å². The van der Waals surface area contributed by atoms with Gasteiger partial charge in [0, 0.05) is 12.6 Å². The molecular weight excluding hydrogens is 126 g/mol.